The molecular formula is C43H45ClN11O6P. The van der Waals surface area contributed by atoms with Crippen LogP contribution in [-0.4, -0.2) is 119 Å². The number of ether oxygens (including phenoxy) is 1. The minimum absolute atomic E-state index is 0.0573. The number of nitrogens with one attached hydrogen (secondary N) is 4. The first-order valence-corrected chi connectivity index (χ1v) is 23.1. The number of piperidine rings is 1. The fourth-order valence-corrected chi connectivity index (χ4v) is 9.01. The van der Waals surface area contributed by atoms with Gasteiger partial charge in [0.1, 0.15) is 29.3 Å². The molecule has 0 spiro atoms. The van der Waals surface area contributed by atoms with Crippen molar-refractivity contribution in [3.05, 3.63) is 107 Å². The summed E-state index contributed by atoms with van der Waals surface area (Å²) < 4.78 is 18.7. The molecule has 1 unspecified atom stereocenters. The number of anilines is 6. The molecular weight excluding hydrogens is 833 g/mol. The zero-order valence-electron chi connectivity index (χ0n) is 34.3. The van der Waals surface area contributed by atoms with Gasteiger partial charge in [0.25, 0.3) is 11.8 Å². The molecule has 0 saturated carbocycles. The summed E-state index contributed by atoms with van der Waals surface area (Å²) in [5.74, 6) is -0.447. The van der Waals surface area contributed by atoms with Crippen LogP contribution in [-0.2, 0) is 14.2 Å². The molecule has 4 N–H and O–H groups in total. The molecule has 5 aromatic rings. The Morgan fingerprint density at radius 2 is 1.60 bits per heavy atom. The van der Waals surface area contributed by atoms with Crippen LogP contribution in [0.4, 0.5) is 34.5 Å². The van der Waals surface area contributed by atoms with E-state index in [0.717, 1.165) is 37.4 Å². The summed E-state index contributed by atoms with van der Waals surface area (Å²) in [5, 5.41) is 12.6. The maximum atomic E-state index is 13.2. The van der Waals surface area contributed by atoms with Gasteiger partial charge in [0, 0.05) is 74.5 Å². The first-order valence-electron chi connectivity index (χ1n) is 20.1. The van der Waals surface area contributed by atoms with Crippen molar-refractivity contribution >= 4 is 82.2 Å². The number of methoxy groups -OCH3 is 1. The van der Waals surface area contributed by atoms with Gasteiger partial charge in [-0.05, 0) is 61.7 Å². The van der Waals surface area contributed by atoms with Crippen molar-refractivity contribution in [1.82, 2.24) is 35.1 Å². The second kappa shape index (κ2) is 17.9. The second-order valence-electron chi connectivity index (χ2n) is 15.6. The first kappa shape index (κ1) is 42.3. The molecule has 2 aromatic heterocycles. The summed E-state index contributed by atoms with van der Waals surface area (Å²) in [4.78, 5) is 73.6. The van der Waals surface area contributed by atoms with Crippen LogP contribution in [0.25, 0.3) is 0 Å². The first-order chi connectivity index (χ1) is 29.8. The highest BCUT2D eigenvalue weighted by molar-refractivity contribution is 7.70. The van der Waals surface area contributed by atoms with Crippen molar-refractivity contribution in [1.29, 1.82) is 0 Å². The number of hydrogen-bond donors (Lipinski definition) is 4. The largest absolute Gasteiger partial charge is 0.494 e. The Morgan fingerprint density at radius 1 is 0.871 bits per heavy atom. The number of rotatable bonds is 12. The molecule has 17 nitrogen and oxygen atoms in total. The summed E-state index contributed by atoms with van der Waals surface area (Å²) in [6.07, 6.45) is 4.83. The lowest BCUT2D eigenvalue weighted by Crippen LogP contribution is -2.64. The zero-order chi connectivity index (χ0) is 43.5. The van der Waals surface area contributed by atoms with Crippen LogP contribution >= 0.6 is 18.7 Å². The van der Waals surface area contributed by atoms with Crippen LogP contribution in [0.15, 0.2) is 85.3 Å². The van der Waals surface area contributed by atoms with Crippen LogP contribution in [0, 0.1) is 0 Å². The molecule has 3 saturated heterocycles. The normalized spacial score (nSPS) is 17.2. The van der Waals surface area contributed by atoms with Gasteiger partial charge in [-0.3, -0.25) is 29.4 Å². The molecule has 0 aliphatic carbocycles. The summed E-state index contributed by atoms with van der Waals surface area (Å²) in [7, 11) is -0.958. The fraction of sp³-hybridized carbons (Fsp3) is 0.302. The molecule has 5 heterocycles. The van der Waals surface area contributed by atoms with Gasteiger partial charge in [-0.15, -0.1) is 0 Å². The molecule has 3 aliphatic rings. The molecule has 62 heavy (non-hydrogen) atoms. The van der Waals surface area contributed by atoms with E-state index < -0.39 is 19.0 Å². The van der Waals surface area contributed by atoms with E-state index in [1.165, 1.54) is 18.6 Å². The topological polar surface area (TPSA) is 204 Å². The molecule has 1 atom stereocenters. The number of likely N-dealkylation sites (tertiary alicyclic amines) is 1. The van der Waals surface area contributed by atoms with E-state index in [0.29, 0.717) is 64.4 Å². The highest BCUT2D eigenvalue weighted by Crippen LogP contribution is 2.39. The van der Waals surface area contributed by atoms with Crippen LogP contribution in [0.3, 0.4) is 0 Å². The summed E-state index contributed by atoms with van der Waals surface area (Å²) >= 11 is 6.46. The van der Waals surface area contributed by atoms with Crippen molar-refractivity contribution < 1.29 is 28.5 Å². The molecule has 0 bridgehead atoms. The second-order valence-corrected chi connectivity index (χ2v) is 19.2. The Labute approximate surface area is 363 Å². The highest BCUT2D eigenvalue weighted by Gasteiger charge is 2.37. The molecule has 0 radical (unpaired) electrons. The SMILES string of the molecule is COc1cc(N2CCN(C3CN(C(=O)c4cnc(C(=O)Nc5ccc(C6CCC(=O)NC6=O)cc5)cn4)C3)CC2)ccc1Nc1ncc(Cl)c(Nc2ccccc2P(C)(C)=O)n1. The monoisotopic (exact) mass is 877 g/mol. The van der Waals surface area contributed by atoms with Gasteiger partial charge in [-0.1, -0.05) is 35.9 Å². The molecule has 8 rings (SSSR count). The summed E-state index contributed by atoms with van der Waals surface area (Å²) in [6, 6.07) is 20.4. The third-order valence-electron chi connectivity index (χ3n) is 11.2. The van der Waals surface area contributed by atoms with Crippen molar-refractivity contribution in [2.75, 3.05) is 80.6 Å². The van der Waals surface area contributed by atoms with Gasteiger partial charge in [-0.25, -0.2) is 15.0 Å². The minimum Gasteiger partial charge on any atom is -0.494 e. The van der Waals surface area contributed by atoms with Crippen molar-refractivity contribution in [2.45, 2.75) is 24.8 Å². The van der Waals surface area contributed by atoms with E-state index in [4.69, 9.17) is 16.3 Å². The van der Waals surface area contributed by atoms with Crippen LogP contribution < -0.4 is 36.2 Å². The number of halogens is 1. The third kappa shape index (κ3) is 9.39. The Balaban J connectivity index is 0.805. The van der Waals surface area contributed by atoms with Gasteiger partial charge in [0.05, 0.1) is 43.0 Å². The zero-order valence-corrected chi connectivity index (χ0v) is 35.9. The number of carbonyl (C=O) groups excluding carboxylic acids is 4. The maximum absolute atomic E-state index is 13.2. The van der Waals surface area contributed by atoms with Crippen molar-refractivity contribution in [2.24, 2.45) is 0 Å². The van der Waals surface area contributed by atoms with Gasteiger partial charge < -0.3 is 35.1 Å². The number of hydrogen-bond acceptors (Lipinski definition) is 14. The smallest absolute Gasteiger partial charge is 0.275 e. The number of carbonyl (C=O) groups is 4. The van der Waals surface area contributed by atoms with E-state index in [9.17, 15) is 23.7 Å². The molecule has 4 amide bonds. The average molecular weight is 878 g/mol. The van der Waals surface area contributed by atoms with E-state index >= 15 is 0 Å². The van der Waals surface area contributed by atoms with E-state index in [1.54, 1.807) is 49.6 Å². The van der Waals surface area contributed by atoms with Crippen molar-refractivity contribution in [3.63, 3.8) is 0 Å². The number of benzene rings is 3. The molecule has 320 valence electrons. The Bertz CT molecular complexity index is 2560. The lowest BCUT2D eigenvalue weighted by atomic mass is 9.90. The Hall–Kier alpha value is -6.42. The number of nitrogens with zero attached hydrogens (tertiary/aromatic N) is 7. The number of aromatic nitrogens is 4. The third-order valence-corrected chi connectivity index (χ3v) is 13.0. The van der Waals surface area contributed by atoms with Gasteiger partial charge in [0.15, 0.2) is 5.82 Å². The standard InChI is InChI=1S/C43H45ClN11O6P/c1-61-36-20-28(12-14-32(36)50-43-47-21-31(44)39(52-43)49-33-6-4-5-7-37(33)62(2,3)60)53-16-18-54(19-17-53)29-24-55(25-29)42(59)35-23-45-34(22-46-35)41(58)48-27-10-8-26(9-11-27)30-13-15-38(56)51-40(30)57/h4-12,14,20-23,29-30H,13,15-19,24-25H2,1-3H3,(H,48,58)(H,51,56,57)(H2,47,49,50,52). The number of imide groups is 1. The lowest BCUT2D eigenvalue weighted by molar-refractivity contribution is -0.134. The molecule has 19 heteroatoms. The van der Waals surface area contributed by atoms with Crippen LogP contribution in [0.2, 0.25) is 5.02 Å². The lowest BCUT2D eigenvalue weighted by Gasteiger charge is -2.48. The fourth-order valence-electron chi connectivity index (χ4n) is 7.71. The Kier molecular flexibility index (Phi) is 12.2. The number of amides is 4. The van der Waals surface area contributed by atoms with Gasteiger partial charge >= 0.3 is 0 Å². The predicted molar refractivity (Wildman–Crippen MR) is 237 cm³/mol. The van der Waals surface area contributed by atoms with E-state index in [2.05, 4.69) is 51.0 Å². The average Bonchev–Trinajstić information content (AvgIpc) is 3.25. The molecule has 3 aromatic carbocycles. The predicted octanol–water partition coefficient (Wildman–Crippen LogP) is 5.08. The van der Waals surface area contributed by atoms with Gasteiger partial charge in [0.2, 0.25) is 17.8 Å². The Morgan fingerprint density at radius 3 is 2.29 bits per heavy atom. The summed E-state index contributed by atoms with van der Waals surface area (Å²) in [6.45, 7) is 7.79. The maximum Gasteiger partial charge on any atom is 0.275 e. The molecule has 3 aliphatic heterocycles. The number of piperazine rings is 1. The van der Waals surface area contributed by atoms with E-state index in [1.807, 2.05) is 42.5 Å². The van der Waals surface area contributed by atoms with Gasteiger partial charge in [-0.2, -0.15) is 4.98 Å². The summed E-state index contributed by atoms with van der Waals surface area (Å²) in [5.41, 5.74) is 3.83. The molecule has 3 fully saturated rings. The quantitative estimate of drug-likeness (QED) is 0.0954. The number of para-hydroxylation sites is 1. The van der Waals surface area contributed by atoms with Crippen LogP contribution in [0.5, 0.6) is 5.75 Å². The van der Waals surface area contributed by atoms with Crippen LogP contribution in [0.1, 0.15) is 45.3 Å². The van der Waals surface area contributed by atoms with E-state index in [-0.39, 0.29) is 41.6 Å². The highest BCUT2D eigenvalue weighted by atomic mass is 35.5. The minimum atomic E-state index is -2.57. The van der Waals surface area contributed by atoms with Crippen molar-refractivity contribution in [3.8, 4) is 5.75 Å².